The van der Waals surface area contributed by atoms with Gasteiger partial charge in [0.15, 0.2) is 0 Å². The van der Waals surface area contributed by atoms with Gasteiger partial charge in [0.1, 0.15) is 0 Å². The van der Waals surface area contributed by atoms with Crippen LogP contribution in [0.3, 0.4) is 0 Å². The fourth-order valence-corrected chi connectivity index (χ4v) is 2.62. The maximum Gasteiger partial charge on any atom is 0.224 e. The molecule has 1 aromatic carbocycles. The monoisotopic (exact) mass is 289 g/mol. The summed E-state index contributed by atoms with van der Waals surface area (Å²) in [6.07, 6.45) is 0.569. The molecule has 0 saturated carbocycles. The van der Waals surface area contributed by atoms with Gasteiger partial charge in [-0.1, -0.05) is 13.8 Å². The predicted molar refractivity (Wildman–Crippen MR) is 89.0 cm³/mol. The third kappa shape index (κ3) is 4.46. The van der Waals surface area contributed by atoms with Crippen molar-refractivity contribution >= 4 is 17.3 Å². The van der Waals surface area contributed by atoms with Crippen LogP contribution in [0.25, 0.3) is 0 Å². The lowest BCUT2D eigenvalue weighted by atomic mass is 10.1. The summed E-state index contributed by atoms with van der Waals surface area (Å²) in [6, 6.07) is 6.32. The first-order valence-corrected chi connectivity index (χ1v) is 7.79. The number of rotatable bonds is 4. The molecular weight excluding hydrogens is 262 g/mol. The predicted octanol–water partition coefficient (Wildman–Crippen LogP) is 2.73. The van der Waals surface area contributed by atoms with Crippen LogP contribution in [0.5, 0.6) is 0 Å². The number of likely N-dealkylation sites (N-methyl/N-ethyl adjacent to an activating group) is 1. The number of benzene rings is 1. The van der Waals surface area contributed by atoms with Crippen molar-refractivity contribution < 1.29 is 4.79 Å². The molecule has 0 unspecified atom stereocenters. The smallest absolute Gasteiger partial charge is 0.224 e. The van der Waals surface area contributed by atoms with Crippen molar-refractivity contribution in [2.45, 2.75) is 27.2 Å². The van der Waals surface area contributed by atoms with Gasteiger partial charge in [0.25, 0.3) is 0 Å². The number of carbonyl (C=O) groups excluding carboxylic acids is 1. The van der Waals surface area contributed by atoms with E-state index in [1.807, 2.05) is 6.07 Å². The summed E-state index contributed by atoms with van der Waals surface area (Å²) in [4.78, 5) is 16.6. The normalized spacial score (nSPS) is 16.3. The highest BCUT2D eigenvalue weighted by molar-refractivity contribution is 5.91. The summed E-state index contributed by atoms with van der Waals surface area (Å²) in [6.45, 7) is 10.5. The van der Waals surface area contributed by atoms with Gasteiger partial charge in [0, 0.05) is 44.0 Å². The lowest BCUT2D eigenvalue weighted by molar-refractivity contribution is -0.116. The van der Waals surface area contributed by atoms with Crippen molar-refractivity contribution in [3.05, 3.63) is 23.8 Å². The van der Waals surface area contributed by atoms with Gasteiger partial charge in [0.2, 0.25) is 5.91 Å². The Balaban J connectivity index is 2.02. The molecule has 116 valence electrons. The van der Waals surface area contributed by atoms with Gasteiger partial charge in [0.05, 0.1) is 0 Å². The second kappa shape index (κ2) is 6.94. The number of nitrogens with one attached hydrogen (secondary N) is 1. The molecule has 1 heterocycles. The highest BCUT2D eigenvalue weighted by atomic mass is 16.1. The molecule has 21 heavy (non-hydrogen) atoms. The Morgan fingerprint density at radius 2 is 1.90 bits per heavy atom. The molecule has 1 N–H and O–H groups in total. The molecule has 1 aromatic rings. The Morgan fingerprint density at radius 1 is 1.24 bits per heavy atom. The third-order valence-electron chi connectivity index (χ3n) is 3.95. The van der Waals surface area contributed by atoms with Crippen LogP contribution in [-0.4, -0.2) is 44.0 Å². The SMILES string of the molecule is Cc1cc(N2CCN(C)CC2)ccc1NC(=O)CC(C)C. The summed E-state index contributed by atoms with van der Waals surface area (Å²) >= 11 is 0. The van der Waals surface area contributed by atoms with Crippen LogP contribution in [0.4, 0.5) is 11.4 Å². The fourth-order valence-electron chi connectivity index (χ4n) is 2.62. The van der Waals surface area contributed by atoms with Gasteiger partial charge in [-0.2, -0.15) is 0 Å². The van der Waals surface area contributed by atoms with E-state index in [0.717, 1.165) is 37.4 Å². The molecule has 0 aliphatic carbocycles. The van der Waals surface area contributed by atoms with Crippen molar-refractivity contribution in [3.8, 4) is 0 Å². The second-order valence-corrected chi connectivity index (χ2v) is 6.44. The number of anilines is 2. The third-order valence-corrected chi connectivity index (χ3v) is 3.95. The number of hydrogen-bond acceptors (Lipinski definition) is 3. The van der Waals surface area contributed by atoms with Crippen LogP contribution in [0.15, 0.2) is 18.2 Å². The molecule has 1 amide bonds. The average molecular weight is 289 g/mol. The Morgan fingerprint density at radius 3 is 2.48 bits per heavy atom. The minimum Gasteiger partial charge on any atom is -0.369 e. The van der Waals surface area contributed by atoms with Crippen LogP contribution in [-0.2, 0) is 4.79 Å². The molecule has 0 spiro atoms. The summed E-state index contributed by atoms with van der Waals surface area (Å²) in [5.74, 6) is 0.482. The largest absolute Gasteiger partial charge is 0.369 e. The van der Waals surface area contributed by atoms with Crippen LogP contribution in [0, 0.1) is 12.8 Å². The van der Waals surface area contributed by atoms with E-state index in [2.05, 4.69) is 55.1 Å². The van der Waals surface area contributed by atoms with E-state index in [4.69, 9.17) is 0 Å². The molecule has 2 rings (SSSR count). The number of amides is 1. The van der Waals surface area contributed by atoms with Gasteiger partial charge in [-0.3, -0.25) is 4.79 Å². The molecule has 1 aliphatic rings. The topological polar surface area (TPSA) is 35.6 Å². The second-order valence-electron chi connectivity index (χ2n) is 6.44. The van der Waals surface area contributed by atoms with E-state index < -0.39 is 0 Å². The van der Waals surface area contributed by atoms with Gasteiger partial charge in [-0.05, 0) is 43.7 Å². The lowest BCUT2D eigenvalue weighted by Crippen LogP contribution is -2.44. The number of nitrogens with zero attached hydrogens (tertiary/aromatic N) is 2. The van der Waals surface area contributed by atoms with Gasteiger partial charge in [-0.15, -0.1) is 0 Å². The summed E-state index contributed by atoms with van der Waals surface area (Å²) in [5, 5.41) is 3.01. The quantitative estimate of drug-likeness (QED) is 0.926. The molecule has 0 aromatic heterocycles. The van der Waals surface area contributed by atoms with Gasteiger partial charge in [-0.25, -0.2) is 0 Å². The molecule has 1 fully saturated rings. The van der Waals surface area contributed by atoms with Crippen LogP contribution < -0.4 is 10.2 Å². The molecule has 1 aliphatic heterocycles. The van der Waals surface area contributed by atoms with Crippen LogP contribution in [0.2, 0.25) is 0 Å². The first-order chi connectivity index (χ1) is 9.95. The molecule has 1 saturated heterocycles. The standard InChI is InChI=1S/C17H27N3O/c1-13(2)11-17(21)18-16-6-5-15(12-14(16)3)20-9-7-19(4)8-10-20/h5-6,12-13H,7-11H2,1-4H3,(H,18,21). The number of aryl methyl sites for hydroxylation is 1. The van der Waals surface area contributed by atoms with E-state index in [0.29, 0.717) is 12.3 Å². The average Bonchev–Trinajstić information content (AvgIpc) is 2.41. The van der Waals surface area contributed by atoms with Crippen molar-refractivity contribution in [2.75, 3.05) is 43.4 Å². The zero-order valence-corrected chi connectivity index (χ0v) is 13.6. The van der Waals surface area contributed by atoms with Crippen molar-refractivity contribution in [1.82, 2.24) is 4.90 Å². The minimum absolute atomic E-state index is 0.0976. The van der Waals surface area contributed by atoms with Crippen molar-refractivity contribution in [2.24, 2.45) is 5.92 Å². The summed E-state index contributed by atoms with van der Waals surface area (Å²) in [7, 11) is 2.16. The number of hydrogen-bond donors (Lipinski definition) is 1. The first kappa shape index (κ1) is 15.8. The van der Waals surface area contributed by atoms with Gasteiger partial charge < -0.3 is 15.1 Å². The first-order valence-electron chi connectivity index (χ1n) is 7.79. The Hall–Kier alpha value is -1.55. The van der Waals surface area contributed by atoms with Crippen LogP contribution >= 0.6 is 0 Å². The summed E-state index contributed by atoms with van der Waals surface area (Å²) in [5.41, 5.74) is 3.31. The molecule has 0 bridgehead atoms. The molecule has 4 heteroatoms. The maximum atomic E-state index is 11.9. The Bertz CT molecular complexity index is 491. The Labute approximate surface area is 128 Å². The fraction of sp³-hybridized carbons (Fsp3) is 0.588. The maximum absolute atomic E-state index is 11.9. The van der Waals surface area contributed by atoms with E-state index >= 15 is 0 Å². The van der Waals surface area contributed by atoms with Gasteiger partial charge >= 0.3 is 0 Å². The van der Waals surface area contributed by atoms with E-state index in [-0.39, 0.29) is 5.91 Å². The lowest BCUT2D eigenvalue weighted by Gasteiger charge is -2.34. The van der Waals surface area contributed by atoms with Crippen molar-refractivity contribution in [3.63, 3.8) is 0 Å². The minimum atomic E-state index is 0.0976. The molecule has 4 nitrogen and oxygen atoms in total. The van der Waals surface area contributed by atoms with E-state index in [1.54, 1.807) is 0 Å². The highest BCUT2D eigenvalue weighted by Gasteiger charge is 2.15. The highest BCUT2D eigenvalue weighted by Crippen LogP contribution is 2.24. The number of piperazine rings is 1. The zero-order chi connectivity index (χ0) is 15.4. The van der Waals surface area contributed by atoms with E-state index in [1.165, 1.54) is 5.69 Å². The van der Waals surface area contributed by atoms with E-state index in [9.17, 15) is 4.79 Å². The zero-order valence-electron chi connectivity index (χ0n) is 13.6. The summed E-state index contributed by atoms with van der Waals surface area (Å²) < 4.78 is 0. The number of carbonyl (C=O) groups is 1. The molecule has 0 atom stereocenters. The molecular formula is C17H27N3O. The molecule has 0 radical (unpaired) electrons. The van der Waals surface area contributed by atoms with Crippen molar-refractivity contribution in [1.29, 1.82) is 0 Å². The van der Waals surface area contributed by atoms with Crippen LogP contribution in [0.1, 0.15) is 25.8 Å². The Kier molecular flexibility index (Phi) is 5.23.